The van der Waals surface area contributed by atoms with Crippen LogP contribution < -0.4 is 9.62 Å². The van der Waals surface area contributed by atoms with Crippen LogP contribution in [0.15, 0.2) is 24.3 Å². The second-order valence-corrected chi connectivity index (χ2v) is 3.65. The summed E-state index contributed by atoms with van der Waals surface area (Å²) in [5.74, 6) is 0.512. The molecule has 1 fully saturated rings. The Kier molecular flexibility index (Phi) is 2.60. The molecule has 0 radical (unpaired) electrons. The molecule has 0 saturated carbocycles. The second-order valence-electron chi connectivity index (χ2n) is 2.78. The van der Waals surface area contributed by atoms with Gasteiger partial charge in [-0.25, -0.2) is 4.79 Å². The Morgan fingerprint density at radius 3 is 2.64 bits per heavy atom. The van der Waals surface area contributed by atoms with Crippen molar-refractivity contribution in [1.29, 1.82) is 0 Å². The van der Waals surface area contributed by atoms with Crippen LogP contribution in [0.3, 0.4) is 0 Å². The third-order valence-corrected chi connectivity index (χ3v) is 2.82. The number of hydrogen-bond acceptors (Lipinski definition) is 5. The molecular weight excluding hydrogens is 202 g/mol. The summed E-state index contributed by atoms with van der Waals surface area (Å²) in [6.07, 6.45) is 0. The molecule has 14 heavy (non-hydrogen) atoms. The first-order chi connectivity index (χ1) is 6.81. The predicted molar refractivity (Wildman–Crippen MR) is 52.6 cm³/mol. The zero-order valence-corrected chi connectivity index (χ0v) is 8.34. The first-order valence-corrected chi connectivity index (χ1v) is 4.94. The third-order valence-electron chi connectivity index (χ3n) is 1.94. The molecule has 1 unspecified atom stereocenters. The molecule has 0 amide bonds. The monoisotopic (exact) mass is 211 g/mol. The molecular formula is C9H9NO3S. The Morgan fingerprint density at radius 2 is 2.14 bits per heavy atom. The summed E-state index contributed by atoms with van der Waals surface area (Å²) >= 11 is 1.25. The van der Waals surface area contributed by atoms with Crippen molar-refractivity contribution in [3.8, 4) is 5.75 Å². The highest BCUT2D eigenvalue weighted by molar-refractivity contribution is 7.98. The van der Waals surface area contributed by atoms with E-state index in [1.54, 1.807) is 7.11 Å². The highest BCUT2D eigenvalue weighted by Crippen LogP contribution is 2.32. The van der Waals surface area contributed by atoms with E-state index in [2.05, 4.69) is 9.72 Å². The molecule has 1 aliphatic rings. The lowest BCUT2D eigenvalue weighted by molar-refractivity contribution is -0.143. The van der Waals surface area contributed by atoms with Crippen molar-refractivity contribution in [3.63, 3.8) is 0 Å². The second kappa shape index (κ2) is 3.89. The fourth-order valence-electron chi connectivity index (χ4n) is 1.20. The molecule has 0 spiro atoms. The van der Waals surface area contributed by atoms with E-state index >= 15 is 0 Å². The van der Waals surface area contributed by atoms with Crippen LogP contribution in [0, 0.1) is 0 Å². The standard InChI is InChI=1S/C9H9NO3S/c1-12-7-4-2-6(3-5-7)8-9(11)13-10-14-8/h2-5,8,10H,1H3. The minimum Gasteiger partial charge on any atom is -0.497 e. The molecule has 4 nitrogen and oxygen atoms in total. The zero-order chi connectivity index (χ0) is 9.97. The van der Waals surface area contributed by atoms with E-state index in [0.29, 0.717) is 0 Å². The lowest BCUT2D eigenvalue weighted by Crippen LogP contribution is -2.05. The van der Waals surface area contributed by atoms with E-state index in [9.17, 15) is 4.79 Å². The SMILES string of the molecule is COc1ccc(C2SNOC2=O)cc1. The Bertz CT molecular complexity index is 338. The summed E-state index contributed by atoms with van der Waals surface area (Å²) in [5.41, 5.74) is 0.908. The van der Waals surface area contributed by atoms with E-state index in [-0.39, 0.29) is 11.2 Å². The van der Waals surface area contributed by atoms with Crippen LogP contribution in [0.4, 0.5) is 0 Å². The van der Waals surface area contributed by atoms with E-state index in [0.717, 1.165) is 11.3 Å². The van der Waals surface area contributed by atoms with Gasteiger partial charge in [-0.1, -0.05) is 17.0 Å². The summed E-state index contributed by atoms with van der Waals surface area (Å²) in [7, 11) is 1.61. The maximum absolute atomic E-state index is 11.2. The van der Waals surface area contributed by atoms with Gasteiger partial charge < -0.3 is 9.57 Å². The Morgan fingerprint density at radius 1 is 1.43 bits per heavy atom. The fourth-order valence-corrected chi connectivity index (χ4v) is 1.86. The molecule has 5 heteroatoms. The number of nitrogens with one attached hydrogen (secondary N) is 1. The van der Waals surface area contributed by atoms with Gasteiger partial charge in [0, 0.05) is 0 Å². The molecule has 1 atom stereocenters. The first-order valence-electron chi connectivity index (χ1n) is 4.06. The molecule has 0 aliphatic carbocycles. The summed E-state index contributed by atoms with van der Waals surface area (Å²) < 4.78 is 5.02. The minimum atomic E-state index is -0.277. The first kappa shape index (κ1) is 9.36. The Balaban J connectivity index is 2.20. The van der Waals surface area contributed by atoms with Gasteiger partial charge in [-0.3, -0.25) is 0 Å². The molecule has 1 aromatic carbocycles. The van der Waals surface area contributed by atoms with Crippen molar-refractivity contribution < 1.29 is 14.4 Å². The van der Waals surface area contributed by atoms with E-state index in [4.69, 9.17) is 4.74 Å². The van der Waals surface area contributed by atoms with E-state index < -0.39 is 0 Å². The van der Waals surface area contributed by atoms with Crippen LogP contribution >= 0.6 is 11.9 Å². The molecule has 1 saturated heterocycles. The van der Waals surface area contributed by atoms with E-state index in [1.165, 1.54) is 11.9 Å². The van der Waals surface area contributed by atoms with Crippen LogP contribution in [0.2, 0.25) is 0 Å². The summed E-state index contributed by atoms with van der Waals surface area (Å²) in [5, 5.41) is -0.277. The molecule has 1 heterocycles. The number of carbonyl (C=O) groups is 1. The molecule has 74 valence electrons. The van der Waals surface area contributed by atoms with Crippen LogP contribution in [0.25, 0.3) is 0 Å². The van der Waals surface area contributed by atoms with Gasteiger partial charge in [0.25, 0.3) is 0 Å². The van der Waals surface area contributed by atoms with Gasteiger partial charge in [-0.15, -0.1) is 0 Å². The number of methoxy groups -OCH3 is 1. The molecule has 1 aliphatic heterocycles. The van der Waals surface area contributed by atoms with Gasteiger partial charge in [0.2, 0.25) is 0 Å². The third kappa shape index (κ3) is 1.69. The number of rotatable bonds is 2. The van der Waals surface area contributed by atoms with Crippen LogP contribution in [0.5, 0.6) is 5.75 Å². The molecule has 2 rings (SSSR count). The van der Waals surface area contributed by atoms with Crippen molar-refractivity contribution in [1.82, 2.24) is 4.89 Å². The molecule has 0 aromatic heterocycles. The smallest absolute Gasteiger partial charge is 0.344 e. The quantitative estimate of drug-likeness (QED) is 0.750. The number of benzene rings is 1. The lowest BCUT2D eigenvalue weighted by atomic mass is 10.1. The van der Waals surface area contributed by atoms with Gasteiger partial charge in [0.05, 0.1) is 7.11 Å². The largest absolute Gasteiger partial charge is 0.497 e. The molecule has 0 bridgehead atoms. The van der Waals surface area contributed by atoms with E-state index in [1.807, 2.05) is 24.3 Å². The number of ether oxygens (including phenoxy) is 1. The highest BCUT2D eigenvalue weighted by atomic mass is 32.2. The van der Waals surface area contributed by atoms with Gasteiger partial charge >= 0.3 is 5.97 Å². The summed E-state index contributed by atoms with van der Waals surface area (Å²) in [6, 6.07) is 7.35. The Hall–Kier alpha value is -1.20. The molecule has 1 N–H and O–H groups in total. The van der Waals surface area contributed by atoms with Crippen molar-refractivity contribution in [2.24, 2.45) is 0 Å². The van der Waals surface area contributed by atoms with Crippen LogP contribution in [0.1, 0.15) is 10.8 Å². The minimum absolute atomic E-state index is 0.264. The topological polar surface area (TPSA) is 47.6 Å². The fraction of sp³-hybridized carbons (Fsp3) is 0.222. The summed E-state index contributed by atoms with van der Waals surface area (Å²) in [6.45, 7) is 0. The number of hydrogen-bond donors (Lipinski definition) is 1. The maximum atomic E-state index is 11.2. The van der Waals surface area contributed by atoms with Gasteiger partial charge in [-0.05, 0) is 29.6 Å². The average molecular weight is 211 g/mol. The molecule has 1 aromatic rings. The normalized spacial score (nSPS) is 20.6. The summed E-state index contributed by atoms with van der Waals surface area (Å²) in [4.78, 5) is 18.3. The lowest BCUT2D eigenvalue weighted by Gasteiger charge is -2.04. The average Bonchev–Trinajstić information content (AvgIpc) is 2.65. The van der Waals surface area contributed by atoms with Crippen LogP contribution in [-0.2, 0) is 9.63 Å². The zero-order valence-electron chi connectivity index (χ0n) is 7.52. The highest BCUT2D eigenvalue weighted by Gasteiger charge is 2.29. The van der Waals surface area contributed by atoms with Crippen LogP contribution in [-0.4, -0.2) is 13.1 Å². The van der Waals surface area contributed by atoms with Crippen molar-refractivity contribution in [2.75, 3.05) is 7.11 Å². The Labute approximate surface area is 85.7 Å². The van der Waals surface area contributed by atoms with Gasteiger partial charge in [0.15, 0.2) is 0 Å². The predicted octanol–water partition coefficient (Wildman–Crippen LogP) is 1.45. The van der Waals surface area contributed by atoms with Crippen molar-refractivity contribution in [2.45, 2.75) is 5.25 Å². The van der Waals surface area contributed by atoms with Gasteiger partial charge in [-0.2, -0.15) is 0 Å². The van der Waals surface area contributed by atoms with Gasteiger partial charge in [0.1, 0.15) is 11.0 Å². The van der Waals surface area contributed by atoms with Crippen molar-refractivity contribution in [3.05, 3.63) is 29.8 Å². The number of carbonyl (C=O) groups excluding carboxylic acids is 1. The van der Waals surface area contributed by atoms with Crippen molar-refractivity contribution >= 4 is 17.9 Å². The maximum Gasteiger partial charge on any atom is 0.344 e.